The van der Waals surface area contributed by atoms with Crippen molar-refractivity contribution in [3.8, 4) is 17.1 Å². The Kier molecular flexibility index (Phi) is 6.15. The number of halogens is 1. The maximum Gasteiger partial charge on any atom is 0.335 e. The number of furan rings is 1. The minimum absolute atomic E-state index is 0.185. The van der Waals surface area contributed by atoms with E-state index in [1.54, 1.807) is 43.6 Å². The van der Waals surface area contributed by atoms with Crippen LogP contribution in [-0.2, 0) is 0 Å². The van der Waals surface area contributed by atoms with Gasteiger partial charge < -0.3 is 24.5 Å². The monoisotopic (exact) mass is 505 g/mol. The molecule has 2 unspecified atom stereocenters. The van der Waals surface area contributed by atoms with Crippen LogP contribution in [0.4, 0.5) is 5.69 Å². The van der Waals surface area contributed by atoms with Gasteiger partial charge in [-0.15, -0.1) is 0 Å². The van der Waals surface area contributed by atoms with Gasteiger partial charge in [-0.25, -0.2) is 4.79 Å². The topological polar surface area (TPSA) is 87.8 Å². The summed E-state index contributed by atoms with van der Waals surface area (Å²) in [5, 5.41) is 13.7. The molecular weight excluding hydrogens is 486 g/mol. The lowest BCUT2D eigenvalue weighted by Crippen LogP contribution is -2.29. The quantitative estimate of drug-likeness (QED) is 0.314. The highest BCUT2D eigenvalue weighted by atomic mass is 35.5. The molecule has 3 heterocycles. The molecule has 176 valence electrons. The SMILES string of the molecule is COc1ccc(N2C(=S)NC(c3ccccn3)C2c2ccc(-c3cccc(C(=O)O)c3)o2)cc1Cl. The Balaban J connectivity index is 1.59. The lowest BCUT2D eigenvalue weighted by Gasteiger charge is -2.26. The standard InChI is InChI=1S/C26H20ClN3O4S/c1-33-21-9-8-17(14-18(21)27)30-24(23(29-26(30)35)19-7-2-3-12-28-19)22-11-10-20(34-22)15-5-4-6-16(13-15)25(31)32/h2-14,23-24H,1H3,(H,29,35)(H,31,32). The first-order chi connectivity index (χ1) is 17.0. The number of nitrogens with one attached hydrogen (secondary N) is 1. The number of aromatic carboxylic acids is 1. The molecule has 2 atom stereocenters. The van der Waals surface area contributed by atoms with Crippen LogP contribution in [0.15, 0.2) is 83.4 Å². The van der Waals surface area contributed by atoms with Crippen LogP contribution >= 0.6 is 23.8 Å². The first kappa shape index (κ1) is 22.9. The highest BCUT2D eigenvalue weighted by molar-refractivity contribution is 7.80. The van der Waals surface area contributed by atoms with Crippen LogP contribution in [0, 0.1) is 0 Å². The summed E-state index contributed by atoms with van der Waals surface area (Å²) in [6.45, 7) is 0. The highest BCUT2D eigenvalue weighted by Crippen LogP contribution is 2.44. The second-order valence-corrected chi connectivity index (χ2v) is 8.70. The number of hydrogen-bond donors (Lipinski definition) is 2. The lowest BCUT2D eigenvalue weighted by atomic mass is 10.0. The van der Waals surface area contributed by atoms with E-state index in [9.17, 15) is 9.90 Å². The van der Waals surface area contributed by atoms with Crippen molar-refractivity contribution in [3.05, 3.63) is 101 Å². The number of hydrogen-bond acceptors (Lipinski definition) is 5. The number of aromatic nitrogens is 1. The zero-order valence-electron chi connectivity index (χ0n) is 18.5. The number of methoxy groups -OCH3 is 1. The zero-order valence-corrected chi connectivity index (χ0v) is 20.1. The van der Waals surface area contributed by atoms with Gasteiger partial charge in [-0.3, -0.25) is 4.98 Å². The maximum absolute atomic E-state index is 11.4. The van der Waals surface area contributed by atoms with Crippen molar-refractivity contribution >= 4 is 40.6 Å². The molecule has 0 aliphatic carbocycles. The summed E-state index contributed by atoms with van der Waals surface area (Å²) in [6.07, 6.45) is 1.73. The average Bonchev–Trinajstić information content (AvgIpc) is 3.49. The van der Waals surface area contributed by atoms with Gasteiger partial charge in [-0.1, -0.05) is 29.8 Å². The molecule has 0 bridgehead atoms. The molecule has 1 aliphatic rings. The normalized spacial score (nSPS) is 17.3. The number of rotatable bonds is 6. The van der Waals surface area contributed by atoms with E-state index in [4.69, 9.17) is 33.0 Å². The summed E-state index contributed by atoms with van der Waals surface area (Å²) >= 11 is 12.2. The number of nitrogens with zero attached hydrogens (tertiary/aromatic N) is 2. The van der Waals surface area contributed by atoms with Gasteiger partial charge >= 0.3 is 5.97 Å². The van der Waals surface area contributed by atoms with Crippen LogP contribution < -0.4 is 15.0 Å². The van der Waals surface area contributed by atoms with E-state index in [0.29, 0.717) is 33.0 Å². The first-order valence-electron chi connectivity index (χ1n) is 10.7. The summed E-state index contributed by atoms with van der Waals surface area (Å²) in [6, 6.07) is 20.8. The van der Waals surface area contributed by atoms with E-state index in [-0.39, 0.29) is 17.6 Å². The van der Waals surface area contributed by atoms with Gasteiger partial charge in [-0.05, 0) is 66.8 Å². The molecule has 1 aliphatic heterocycles. The molecule has 0 amide bonds. The van der Waals surface area contributed by atoms with Crippen molar-refractivity contribution < 1.29 is 19.1 Å². The van der Waals surface area contributed by atoms with Crippen molar-refractivity contribution in [3.63, 3.8) is 0 Å². The minimum atomic E-state index is -0.998. The summed E-state index contributed by atoms with van der Waals surface area (Å²) in [7, 11) is 1.56. The summed E-state index contributed by atoms with van der Waals surface area (Å²) < 4.78 is 11.6. The van der Waals surface area contributed by atoms with E-state index < -0.39 is 5.97 Å². The third-order valence-electron chi connectivity index (χ3n) is 5.82. The largest absolute Gasteiger partial charge is 0.495 e. The Labute approximate surface area is 211 Å². The molecule has 1 saturated heterocycles. The summed E-state index contributed by atoms with van der Waals surface area (Å²) in [5.74, 6) is 0.746. The summed E-state index contributed by atoms with van der Waals surface area (Å²) in [5.41, 5.74) is 2.42. The van der Waals surface area contributed by atoms with Crippen molar-refractivity contribution in [2.45, 2.75) is 12.1 Å². The molecule has 2 N–H and O–H groups in total. The average molecular weight is 506 g/mol. The Morgan fingerprint density at radius 1 is 1.14 bits per heavy atom. The fraction of sp³-hybridized carbons (Fsp3) is 0.115. The third-order valence-corrected chi connectivity index (χ3v) is 6.43. The molecule has 0 saturated carbocycles. The predicted octanol–water partition coefficient (Wildman–Crippen LogP) is 5.88. The Morgan fingerprint density at radius 2 is 2.00 bits per heavy atom. The second-order valence-electron chi connectivity index (χ2n) is 7.90. The Bertz CT molecular complexity index is 1410. The van der Waals surface area contributed by atoms with Crippen LogP contribution in [0.2, 0.25) is 5.02 Å². The fourth-order valence-electron chi connectivity index (χ4n) is 4.20. The van der Waals surface area contributed by atoms with Gasteiger partial charge in [0.1, 0.15) is 23.3 Å². The van der Waals surface area contributed by atoms with Gasteiger partial charge in [0, 0.05) is 17.4 Å². The molecule has 0 spiro atoms. The molecule has 1 fully saturated rings. The molecule has 4 aromatic rings. The molecule has 2 aromatic carbocycles. The number of pyridine rings is 1. The molecular formula is C26H20ClN3O4S. The number of carboxylic acid groups (broad SMARTS) is 1. The van der Waals surface area contributed by atoms with Gasteiger partial charge in [0.15, 0.2) is 5.11 Å². The van der Waals surface area contributed by atoms with Crippen LogP contribution in [0.25, 0.3) is 11.3 Å². The first-order valence-corrected chi connectivity index (χ1v) is 11.5. The van der Waals surface area contributed by atoms with Gasteiger partial charge in [0.2, 0.25) is 0 Å². The lowest BCUT2D eigenvalue weighted by molar-refractivity contribution is 0.0697. The minimum Gasteiger partial charge on any atom is -0.495 e. The van der Waals surface area contributed by atoms with E-state index in [0.717, 1.165) is 11.4 Å². The van der Waals surface area contributed by atoms with Crippen molar-refractivity contribution in [2.75, 3.05) is 12.0 Å². The zero-order chi connectivity index (χ0) is 24.5. The maximum atomic E-state index is 11.4. The van der Waals surface area contributed by atoms with Crippen LogP contribution in [-0.4, -0.2) is 28.3 Å². The predicted molar refractivity (Wildman–Crippen MR) is 137 cm³/mol. The number of carboxylic acids is 1. The second kappa shape index (κ2) is 9.40. The number of ether oxygens (including phenoxy) is 1. The molecule has 9 heteroatoms. The Morgan fingerprint density at radius 3 is 2.71 bits per heavy atom. The number of anilines is 1. The van der Waals surface area contributed by atoms with E-state index in [1.165, 1.54) is 0 Å². The fourth-order valence-corrected chi connectivity index (χ4v) is 4.80. The van der Waals surface area contributed by atoms with Gasteiger partial charge in [0.05, 0.1) is 29.4 Å². The number of thiocarbonyl (C=S) groups is 1. The molecule has 5 rings (SSSR count). The smallest absolute Gasteiger partial charge is 0.335 e. The summed E-state index contributed by atoms with van der Waals surface area (Å²) in [4.78, 5) is 17.9. The van der Waals surface area contributed by atoms with Crippen molar-refractivity contribution in [2.24, 2.45) is 0 Å². The van der Waals surface area contributed by atoms with Crippen LogP contribution in [0.5, 0.6) is 5.75 Å². The van der Waals surface area contributed by atoms with Crippen molar-refractivity contribution in [1.29, 1.82) is 0 Å². The van der Waals surface area contributed by atoms with Gasteiger partial charge in [0.25, 0.3) is 0 Å². The third kappa shape index (κ3) is 4.34. The number of carbonyl (C=O) groups is 1. The molecule has 7 nitrogen and oxygen atoms in total. The van der Waals surface area contributed by atoms with E-state index in [1.807, 2.05) is 47.4 Å². The van der Waals surface area contributed by atoms with Gasteiger partial charge in [-0.2, -0.15) is 0 Å². The molecule has 35 heavy (non-hydrogen) atoms. The Hall–Kier alpha value is -3.88. The van der Waals surface area contributed by atoms with Crippen LogP contribution in [0.1, 0.15) is 33.9 Å². The molecule has 2 aromatic heterocycles. The van der Waals surface area contributed by atoms with Crippen molar-refractivity contribution in [1.82, 2.24) is 10.3 Å². The molecule has 0 radical (unpaired) electrons. The van der Waals surface area contributed by atoms with E-state index >= 15 is 0 Å². The van der Waals surface area contributed by atoms with Crippen LogP contribution in [0.3, 0.4) is 0 Å². The number of benzene rings is 2. The van der Waals surface area contributed by atoms with E-state index in [2.05, 4.69) is 10.3 Å². The highest BCUT2D eigenvalue weighted by Gasteiger charge is 2.42.